The quantitative estimate of drug-likeness (QED) is 0.666. The molecular weight excluding hydrogens is 262 g/mol. The molecule has 0 spiro atoms. The van der Waals surface area contributed by atoms with E-state index in [0.717, 1.165) is 6.07 Å². The smallest absolute Gasteiger partial charge is 0.315 e. The maximum absolute atomic E-state index is 12.5. The Balaban J connectivity index is 3.35. The normalized spacial score (nSPS) is 10.6. The summed E-state index contributed by atoms with van der Waals surface area (Å²) < 4.78 is 25.0. The zero-order valence-electron chi connectivity index (χ0n) is 8.06. The van der Waals surface area contributed by atoms with Crippen LogP contribution in [0.4, 0.5) is 14.5 Å². The van der Waals surface area contributed by atoms with Gasteiger partial charge in [0.1, 0.15) is 5.02 Å². The molecule has 0 amide bonds. The number of halogens is 3. The van der Waals surface area contributed by atoms with Crippen LogP contribution in [0.1, 0.15) is 17.8 Å². The number of aliphatic carboxylic acids is 1. The predicted molar refractivity (Wildman–Crippen MR) is 52.2 cm³/mol. The molecular formula is C8H5ClF2N2O4. The summed E-state index contributed by atoms with van der Waals surface area (Å²) in [7, 11) is 0. The minimum absolute atomic E-state index is 0.261. The topological polar surface area (TPSA) is 93.3 Å². The van der Waals surface area contributed by atoms with E-state index in [2.05, 4.69) is 4.98 Å². The van der Waals surface area contributed by atoms with E-state index in [4.69, 9.17) is 16.7 Å². The van der Waals surface area contributed by atoms with E-state index in [9.17, 15) is 23.7 Å². The second kappa shape index (κ2) is 5.00. The van der Waals surface area contributed by atoms with Crippen molar-refractivity contribution in [2.45, 2.75) is 12.8 Å². The molecule has 0 aliphatic carbocycles. The van der Waals surface area contributed by atoms with Gasteiger partial charge in [-0.15, -0.1) is 0 Å². The Morgan fingerprint density at radius 3 is 2.65 bits per heavy atom. The molecule has 0 radical (unpaired) electrons. The Hall–Kier alpha value is -1.83. The SMILES string of the molecule is O=C(O)Cc1cc(Cl)c([N+](=O)[O-])c(C(F)F)n1. The van der Waals surface area contributed by atoms with Gasteiger partial charge in [0.05, 0.1) is 17.0 Å². The number of nitrogens with zero attached hydrogens (tertiary/aromatic N) is 2. The maximum Gasteiger partial charge on any atom is 0.315 e. The average Bonchev–Trinajstić information content (AvgIpc) is 2.14. The highest BCUT2D eigenvalue weighted by molar-refractivity contribution is 6.32. The molecule has 0 aromatic carbocycles. The lowest BCUT2D eigenvalue weighted by Gasteiger charge is -2.05. The zero-order valence-corrected chi connectivity index (χ0v) is 8.82. The highest BCUT2D eigenvalue weighted by atomic mass is 35.5. The predicted octanol–water partition coefficient (Wildman–Crippen LogP) is 2.21. The molecule has 0 bridgehead atoms. The Morgan fingerprint density at radius 2 is 2.24 bits per heavy atom. The number of carbonyl (C=O) groups is 1. The molecule has 1 aromatic rings. The first kappa shape index (κ1) is 13.2. The monoisotopic (exact) mass is 266 g/mol. The fourth-order valence-corrected chi connectivity index (χ4v) is 1.45. The van der Waals surface area contributed by atoms with Crippen LogP contribution < -0.4 is 0 Å². The van der Waals surface area contributed by atoms with Crippen LogP contribution in [0.3, 0.4) is 0 Å². The first-order valence-electron chi connectivity index (χ1n) is 4.16. The minimum Gasteiger partial charge on any atom is -0.481 e. The number of carboxylic acid groups (broad SMARTS) is 1. The number of pyridine rings is 1. The van der Waals surface area contributed by atoms with Crippen LogP contribution in [0.5, 0.6) is 0 Å². The molecule has 1 aromatic heterocycles. The minimum atomic E-state index is -3.21. The Morgan fingerprint density at radius 1 is 1.65 bits per heavy atom. The summed E-state index contributed by atoms with van der Waals surface area (Å²) >= 11 is 5.45. The van der Waals surface area contributed by atoms with Gasteiger partial charge in [0.15, 0.2) is 5.69 Å². The van der Waals surface area contributed by atoms with E-state index in [1.165, 1.54) is 0 Å². The first-order valence-corrected chi connectivity index (χ1v) is 4.54. The van der Waals surface area contributed by atoms with E-state index >= 15 is 0 Å². The molecule has 92 valence electrons. The summed E-state index contributed by atoms with van der Waals surface area (Å²) in [4.78, 5) is 23.0. The maximum atomic E-state index is 12.5. The summed E-state index contributed by atoms with van der Waals surface area (Å²) in [5.41, 5.74) is -2.39. The largest absolute Gasteiger partial charge is 0.481 e. The van der Waals surface area contributed by atoms with Crippen molar-refractivity contribution >= 4 is 23.3 Å². The number of hydrogen-bond acceptors (Lipinski definition) is 4. The molecule has 0 atom stereocenters. The highest BCUT2D eigenvalue weighted by Crippen LogP contribution is 2.33. The molecule has 0 aliphatic heterocycles. The van der Waals surface area contributed by atoms with E-state index in [0.29, 0.717) is 0 Å². The van der Waals surface area contributed by atoms with Gasteiger partial charge in [-0.2, -0.15) is 0 Å². The third-order valence-electron chi connectivity index (χ3n) is 1.75. The van der Waals surface area contributed by atoms with Crippen LogP contribution in [0.25, 0.3) is 0 Å². The summed E-state index contributed by atoms with van der Waals surface area (Å²) in [6, 6.07) is 0.889. The third kappa shape index (κ3) is 3.06. The molecule has 0 aliphatic rings. The summed E-state index contributed by atoms with van der Waals surface area (Å²) in [6.45, 7) is 0. The lowest BCUT2D eigenvalue weighted by molar-refractivity contribution is -0.386. The number of nitro groups is 1. The van der Waals surface area contributed by atoms with E-state index in [-0.39, 0.29) is 5.69 Å². The van der Waals surface area contributed by atoms with E-state index < -0.39 is 40.1 Å². The van der Waals surface area contributed by atoms with Crippen molar-refractivity contribution in [1.82, 2.24) is 4.98 Å². The number of aromatic nitrogens is 1. The zero-order chi connectivity index (χ0) is 13.2. The molecule has 9 heteroatoms. The van der Waals surface area contributed by atoms with Crippen LogP contribution in [0.15, 0.2) is 6.07 Å². The Labute approximate surface area is 98.0 Å². The van der Waals surface area contributed by atoms with Gasteiger partial charge in [0, 0.05) is 0 Å². The van der Waals surface area contributed by atoms with Crippen molar-refractivity contribution in [2.75, 3.05) is 0 Å². The molecule has 0 unspecified atom stereocenters. The van der Waals surface area contributed by atoms with Crippen LogP contribution in [-0.4, -0.2) is 21.0 Å². The van der Waals surface area contributed by atoms with Gasteiger partial charge in [-0.25, -0.2) is 13.8 Å². The lowest BCUT2D eigenvalue weighted by atomic mass is 10.2. The molecule has 1 rings (SSSR count). The van der Waals surface area contributed by atoms with E-state index in [1.54, 1.807) is 0 Å². The molecule has 17 heavy (non-hydrogen) atoms. The van der Waals surface area contributed by atoms with E-state index in [1.807, 2.05) is 0 Å². The molecule has 6 nitrogen and oxygen atoms in total. The lowest BCUT2D eigenvalue weighted by Crippen LogP contribution is -2.07. The molecule has 1 heterocycles. The van der Waals surface area contributed by atoms with Crippen molar-refractivity contribution in [1.29, 1.82) is 0 Å². The van der Waals surface area contributed by atoms with Crippen molar-refractivity contribution in [2.24, 2.45) is 0 Å². The van der Waals surface area contributed by atoms with Gasteiger partial charge in [-0.1, -0.05) is 11.6 Å². The average molecular weight is 267 g/mol. The van der Waals surface area contributed by atoms with Crippen molar-refractivity contribution < 1.29 is 23.6 Å². The fourth-order valence-electron chi connectivity index (χ4n) is 1.16. The van der Waals surface area contributed by atoms with Crippen molar-refractivity contribution in [3.63, 3.8) is 0 Å². The molecule has 0 fully saturated rings. The van der Waals surface area contributed by atoms with Crippen LogP contribution in [0.2, 0.25) is 5.02 Å². The Kier molecular flexibility index (Phi) is 3.89. The fraction of sp³-hybridized carbons (Fsp3) is 0.250. The standard InChI is InChI=1S/C8H5ClF2N2O4/c9-4-1-3(2-5(14)15)12-6(8(10)11)7(4)13(16)17/h1,8H,2H2,(H,14,15). The van der Waals surface area contributed by atoms with Crippen molar-refractivity contribution in [3.05, 3.63) is 32.6 Å². The second-order valence-electron chi connectivity index (χ2n) is 2.96. The van der Waals surface area contributed by atoms with Gasteiger partial charge < -0.3 is 5.11 Å². The van der Waals surface area contributed by atoms with Crippen LogP contribution >= 0.6 is 11.6 Å². The number of hydrogen-bond donors (Lipinski definition) is 1. The molecule has 1 N–H and O–H groups in total. The van der Waals surface area contributed by atoms with Gasteiger partial charge in [0.25, 0.3) is 6.43 Å². The molecule has 0 saturated carbocycles. The van der Waals surface area contributed by atoms with Gasteiger partial charge >= 0.3 is 11.7 Å². The van der Waals surface area contributed by atoms with Crippen molar-refractivity contribution in [3.8, 4) is 0 Å². The van der Waals surface area contributed by atoms with Gasteiger partial charge in [0.2, 0.25) is 0 Å². The summed E-state index contributed by atoms with van der Waals surface area (Å²) in [6.07, 6.45) is -3.85. The third-order valence-corrected chi connectivity index (χ3v) is 2.04. The second-order valence-corrected chi connectivity index (χ2v) is 3.36. The Bertz CT molecular complexity index is 481. The summed E-state index contributed by atoms with van der Waals surface area (Å²) in [5, 5.41) is 18.4. The van der Waals surface area contributed by atoms with Crippen LogP contribution in [0, 0.1) is 10.1 Å². The number of rotatable bonds is 4. The number of alkyl halides is 2. The van der Waals surface area contributed by atoms with Crippen LogP contribution in [-0.2, 0) is 11.2 Å². The first-order chi connectivity index (χ1) is 7.82. The number of carboxylic acids is 1. The molecule has 0 saturated heterocycles. The highest BCUT2D eigenvalue weighted by Gasteiger charge is 2.28. The summed E-state index contributed by atoms with van der Waals surface area (Å²) in [5.74, 6) is -1.30. The van der Waals surface area contributed by atoms with Gasteiger partial charge in [-0.3, -0.25) is 14.9 Å². The van der Waals surface area contributed by atoms with Gasteiger partial charge in [-0.05, 0) is 6.07 Å².